The summed E-state index contributed by atoms with van der Waals surface area (Å²) in [5.41, 5.74) is 4.75. The Morgan fingerprint density at radius 1 is 0.933 bits per heavy atom. The number of thiophene rings is 1. The first-order chi connectivity index (χ1) is 14.6. The fourth-order valence-corrected chi connectivity index (χ4v) is 4.70. The van der Waals surface area contributed by atoms with Crippen LogP contribution in [0.15, 0.2) is 72.8 Å². The fourth-order valence-electron chi connectivity index (χ4n) is 3.56. The monoisotopic (exact) mass is 415 g/mol. The zero-order valence-electron chi connectivity index (χ0n) is 17.3. The van der Waals surface area contributed by atoms with Crippen LogP contribution in [-0.2, 0) is 12.8 Å². The Hall–Kier alpha value is -3.11. The molecule has 0 saturated heterocycles. The molecule has 30 heavy (non-hydrogen) atoms. The van der Waals surface area contributed by atoms with Gasteiger partial charge in [0.25, 0.3) is 5.91 Å². The van der Waals surface area contributed by atoms with Crippen molar-refractivity contribution in [2.45, 2.75) is 19.8 Å². The normalized spacial score (nSPS) is 10.9. The largest absolute Gasteiger partial charge is 0.497 e. The number of hydrogen-bond donors (Lipinski definition) is 1. The predicted octanol–water partition coefficient (Wildman–Crippen LogP) is 5.78. The maximum Gasteiger partial charge on any atom is 0.261 e. The van der Waals surface area contributed by atoms with Crippen LogP contribution in [0.1, 0.15) is 31.9 Å². The van der Waals surface area contributed by atoms with Gasteiger partial charge in [0.1, 0.15) is 5.75 Å². The van der Waals surface area contributed by atoms with Crippen LogP contribution in [0, 0.1) is 6.92 Å². The highest BCUT2D eigenvalue weighted by atomic mass is 32.1. The van der Waals surface area contributed by atoms with Gasteiger partial charge in [-0.1, -0.05) is 60.2 Å². The summed E-state index contributed by atoms with van der Waals surface area (Å²) in [5, 5.41) is 4.28. The van der Waals surface area contributed by atoms with E-state index < -0.39 is 0 Å². The van der Waals surface area contributed by atoms with E-state index in [4.69, 9.17) is 4.74 Å². The van der Waals surface area contributed by atoms with Gasteiger partial charge in [0.2, 0.25) is 0 Å². The highest BCUT2D eigenvalue weighted by molar-refractivity contribution is 7.21. The summed E-state index contributed by atoms with van der Waals surface area (Å²) < 4.78 is 6.35. The minimum atomic E-state index is 0.00632. The molecule has 0 saturated carbocycles. The molecular weight excluding hydrogens is 390 g/mol. The van der Waals surface area contributed by atoms with Gasteiger partial charge in [-0.25, -0.2) is 0 Å². The van der Waals surface area contributed by atoms with Crippen molar-refractivity contribution in [1.29, 1.82) is 0 Å². The standard InChI is InChI=1S/C26H25NO2S/c1-18-7-9-20(10-8-18)17-23-22-5-3-4-6-24(22)30-25(23)26(28)27-16-15-19-11-13-21(29-2)14-12-19/h3-14H,15-17H2,1-2H3,(H,27,28). The molecule has 0 aliphatic rings. The van der Waals surface area contributed by atoms with Crippen molar-refractivity contribution in [1.82, 2.24) is 5.32 Å². The summed E-state index contributed by atoms with van der Waals surface area (Å²) in [4.78, 5) is 13.9. The van der Waals surface area contributed by atoms with Crippen LogP contribution < -0.4 is 10.1 Å². The Morgan fingerprint density at radius 3 is 2.37 bits per heavy atom. The molecule has 0 unspecified atom stereocenters. The average Bonchev–Trinajstić information content (AvgIpc) is 3.14. The SMILES string of the molecule is COc1ccc(CCNC(=O)c2sc3ccccc3c2Cc2ccc(C)cc2)cc1. The van der Waals surface area contributed by atoms with E-state index in [0.717, 1.165) is 33.7 Å². The Morgan fingerprint density at radius 2 is 1.63 bits per heavy atom. The Bertz CT molecular complexity index is 1140. The van der Waals surface area contributed by atoms with E-state index in [1.165, 1.54) is 22.1 Å². The molecule has 0 fully saturated rings. The fraction of sp³-hybridized carbons (Fsp3) is 0.192. The van der Waals surface area contributed by atoms with E-state index >= 15 is 0 Å². The van der Waals surface area contributed by atoms with Gasteiger partial charge in [0.05, 0.1) is 12.0 Å². The number of methoxy groups -OCH3 is 1. The molecule has 0 aliphatic heterocycles. The van der Waals surface area contributed by atoms with Crippen LogP contribution in [0.5, 0.6) is 5.75 Å². The molecule has 0 radical (unpaired) electrons. The van der Waals surface area contributed by atoms with Crippen molar-refractivity contribution in [3.63, 3.8) is 0 Å². The Kier molecular flexibility index (Phi) is 6.15. The topological polar surface area (TPSA) is 38.3 Å². The third-order valence-electron chi connectivity index (χ3n) is 5.26. The molecule has 1 amide bonds. The van der Waals surface area contributed by atoms with Crippen LogP contribution in [0.25, 0.3) is 10.1 Å². The Labute approximate surface area is 181 Å². The first-order valence-electron chi connectivity index (χ1n) is 10.1. The van der Waals surface area contributed by atoms with Crippen molar-refractivity contribution < 1.29 is 9.53 Å². The lowest BCUT2D eigenvalue weighted by atomic mass is 10.0. The average molecular weight is 416 g/mol. The van der Waals surface area contributed by atoms with Gasteiger partial charge < -0.3 is 10.1 Å². The number of fused-ring (bicyclic) bond motifs is 1. The quantitative estimate of drug-likeness (QED) is 0.415. The second kappa shape index (κ2) is 9.14. The Balaban J connectivity index is 1.51. The minimum Gasteiger partial charge on any atom is -0.497 e. The molecular formula is C26H25NO2S. The molecule has 1 heterocycles. The van der Waals surface area contributed by atoms with E-state index in [9.17, 15) is 4.79 Å². The summed E-state index contributed by atoms with van der Waals surface area (Å²) in [7, 11) is 1.66. The predicted molar refractivity (Wildman–Crippen MR) is 125 cm³/mol. The lowest BCUT2D eigenvalue weighted by molar-refractivity contribution is 0.0957. The minimum absolute atomic E-state index is 0.00632. The maximum absolute atomic E-state index is 13.0. The maximum atomic E-state index is 13.0. The molecule has 4 aromatic rings. The van der Waals surface area contributed by atoms with Crippen LogP contribution in [0.2, 0.25) is 0 Å². The second-order valence-corrected chi connectivity index (χ2v) is 8.47. The van der Waals surface area contributed by atoms with Gasteiger partial charge in [-0.2, -0.15) is 0 Å². The molecule has 0 bridgehead atoms. The van der Waals surface area contributed by atoms with E-state index in [0.29, 0.717) is 6.54 Å². The highest BCUT2D eigenvalue weighted by Crippen LogP contribution is 2.33. The van der Waals surface area contributed by atoms with Crippen LogP contribution in [0.4, 0.5) is 0 Å². The zero-order valence-corrected chi connectivity index (χ0v) is 18.1. The van der Waals surface area contributed by atoms with Crippen LogP contribution in [0.3, 0.4) is 0 Å². The van der Waals surface area contributed by atoms with Gasteiger partial charge in [0, 0.05) is 11.2 Å². The third kappa shape index (κ3) is 4.55. The molecule has 1 aromatic heterocycles. The van der Waals surface area contributed by atoms with Gasteiger partial charge in [-0.15, -0.1) is 11.3 Å². The summed E-state index contributed by atoms with van der Waals surface area (Å²) in [6.07, 6.45) is 1.54. The third-order valence-corrected chi connectivity index (χ3v) is 6.48. The highest BCUT2D eigenvalue weighted by Gasteiger charge is 2.18. The van der Waals surface area contributed by atoms with Crippen molar-refractivity contribution in [2.75, 3.05) is 13.7 Å². The molecule has 0 spiro atoms. The van der Waals surface area contributed by atoms with Crippen LogP contribution >= 0.6 is 11.3 Å². The van der Waals surface area contributed by atoms with Crippen molar-refractivity contribution in [3.05, 3.63) is 99.9 Å². The first-order valence-corrected chi connectivity index (χ1v) is 10.9. The molecule has 1 N–H and O–H groups in total. The molecule has 0 atom stereocenters. The summed E-state index contributed by atoms with van der Waals surface area (Å²) >= 11 is 1.58. The van der Waals surface area contributed by atoms with Crippen molar-refractivity contribution >= 4 is 27.3 Å². The van der Waals surface area contributed by atoms with Crippen LogP contribution in [-0.4, -0.2) is 19.6 Å². The van der Waals surface area contributed by atoms with E-state index in [2.05, 4.69) is 48.6 Å². The smallest absolute Gasteiger partial charge is 0.261 e. The summed E-state index contributed by atoms with van der Waals surface area (Å²) in [6.45, 7) is 2.69. The number of amides is 1. The first kappa shape index (κ1) is 20.2. The van der Waals surface area contributed by atoms with Gasteiger partial charge >= 0.3 is 0 Å². The lowest BCUT2D eigenvalue weighted by Gasteiger charge is -2.08. The number of nitrogens with one attached hydrogen (secondary N) is 1. The van der Waals surface area contributed by atoms with Gasteiger partial charge in [0.15, 0.2) is 0 Å². The molecule has 152 valence electrons. The van der Waals surface area contributed by atoms with Gasteiger partial charge in [-0.3, -0.25) is 4.79 Å². The number of hydrogen-bond acceptors (Lipinski definition) is 3. The number of benzene rings is 3. The molecule has 3 nitrogen and oxygen atoms in total. The summed E-state index contributed by atoms with van der Waals surface area (Å²) in [6, 6.07) is 24.8. The van der Waals surface area contributed by atoms with Crippen molar-refractivity contribution in [2.24, 2.45) is 0 Å². The number of carbonyl (C=O) groups is 1. The number of rotatable bonds is 7. The van der Waals surface area contributed by atoms with Gasteiger partial charge in [-0.05, 0) is 60.0 Å². The molecule has 0 aliphatic carbocycles. The second-order valence-electron chi connectivity index (χ2n) is 7.42. The lowest BCUT2D eigenvalue weighted by Crippen LogP contribution is -2.25. The van der Waals surface area contributed by atoms with Crippen molar-refractivity contribution in [3.8, 4) is 5.75 Å². The summed E-state index contributed by atoms with van der Waals surface area (Å²) in [5.74, 6) is 0.848. The molecule has 3 aromatic carbocycles. The molecule has 4 heteroatoms. The van der Waals surface area contributed by atoms with E-state index in [1.807, 2.05) is 36.4 Å². The van der Waals surface area contributed by atoms with E-state index in [1.54, 1.807) is 18.4 Å². The number of carbonyl (C=O) groups excluding carboxylic acids is 1. The van der Waals surface area contributed by atoms with E-state index in [-0.39, 0.29) is 5.91 Å². The molecule has 4 rings (SSSR count). The zero-order chi connectivity index (χ0) is 20.9. The number of aryl methyl sites for hydroxylation is 1. The number of ether oxygens (including phenoxy) is 1.